The molecule has 1 saturated carbocycles. The zero-order chi connectivity index (χ0) is 10.5. The number of pyridine rings is 1. The van der Waals surface area contributed by atoms with Crippen LogP contribution in [0.5, 0.6) is 0 Å². The Bertz CT molecular complexity index is 303. The Kier molecular flexibility index (Phi) is 3.59. The van der Waals surface area contributed by atoms with Crippen LogP contribution in [0.3, 0.4) is 0 Å². The monoisotopic (exact) mass is 204 g/mol. The van der Waals surface area contributed by atoms with Crippen LogP contribution < -0.4 is 5.32 Å². The third kappa shape index (κ3) is 2.49. The highest BCUT2D eigenvalue weighted by molar-refractivity contribution is 5.45. The topological polar surface area (TPSA) is 24.9 Å². The van der Waals surface area contributed by atoms with Crippen molar-refractivity contribution >= 4 is 5.82 Å². The molecule has 1 N–H and O–H groups in total. The molecule has 0 spiro atoms. The van der Waals surface area contributed by atoms with Crippen LogP contribution in [0.25, 0.3) is 0 Å². The molecule has 15 heavy (non-hydrogen) atoms. The van der Waals surface area contributed by atoms with E-state index in [9.17, 15) is 0 Å². The summed E-state index contributed by atoms with van der Waals surface area (Å²) in [5.74, 6) is 1.84. The summed E-state index contributed by atoms with van der Waals surface area (Å²) in [5.41, 5.74) is 1.43. The van der Waals surface area contributed by atoms with Crippen LogP contribution in [0.1, 0.15) is 50.5 Å². The van der Waals surface area contributed by atoms with Crippen molar-refractivity contribution in [3.05, 3.63) is 23.9 Å². The highest BCUT2D eigenvalue weighted by atomic mass is 15.0. The molecule has 0 aromatic carbocycles. The Morgan fingerprint density at radius 1 is 1.33 bits per heavy atom. The van der Waals surface area contributed by atoms with E-state index in [0.717, 1.165) is 18.3 Å². The molecular formula is C13H20N2. The van der Waals surface area contributed by atoms with E-state index in [1.807, 2.05) is 6.20 Å². The molecule has 1 aliphatic carbocycles. The minimum absolute atomic E-state index is 0.737. The molecule has 0 saturated heterocycles. The number of nitrogens with one attached hydrogen (secondary N) is 1. The molecule has 0 unspecified atom stereocenters. The van der Waals surface area contributed by atoms with E-state index in [1.54, 1.807) is 0 Å². The van der Waals surface area contributed by atoms with E-state index in [1.165, 1.54) is 37.7 Å². The summed E-state index contributed by atoms with van der Waals surface area (Å²) in [6, 6.07) is 4.30. The average molecular weight is 204 g/mol. The molecule has 82 valence electrons. The van der Waals surface area contributed by atoms with Crippen LogP contribution in [-0.4, -0.2) is 11.5 Å². The molecule has 1 aliphatic rings. The van der Waals surface area contributed by atoms with Gasteiger partial charge in [0.1, 0.15) is 5.82 Å². The van der Waals surface area contributed by atoms with Crippen molar-refractivity contribution in [2.24, 2.45) is 0 Å². The molecule has 1 heterocycles. The quantitative estimate of drug-likeness (QED) is 0.814. The maximum Gasteiger partial charge on any atom is 0.129 e. The largest absolute Gasteiger partial charge is 0.370 e. The van der Waals surface area contributed by atoms with Crippen LogP contribution in [0.4, 0.5) is 5.82 Å². The third-order valence-electron chi connectivity index (χ3n) is 3.23. The van der Waals surface area contributed by atoms with Gasteiger partial charge < -0.3 is 5.32 Å². The predicted octanol–water partition coefficient (Wildman–Crippen LogP) is 3.56. The fourth-order valence-corrected chi connectivity index (χ4v) is 2.48. The lowest BCUT2D eigenvalue weighted by molar-refractivity contribution is 0.443. The molecule has 1 aromatic heterocycles. The molecule has 0 radical (unpaired) electrons. The summed E-state index contributed by atoms with van der Waals surface area (Å²) >= 11 is 0. The van der Waals surface area contributed by atoms with Crippen LogP contribution in [0.15, 0.2) is 18.3 Å². The zero-order valence-corrected chi connectivity index (χ0v) is 9.50. The van der Waals surface area contributed by atoms with E-state index >= 15 is 0 Å². The van der Waals surface area contributed by atoms with Gasteiger partial charge in [-0.2, -0.15) is 0 Å². The number of hydrogen-bond donors (Lipinski definition) is 1. The smallest absolute Gasteiger partial charge is 0.129 e. The van der Waals surface area contributed by atoms with Gasteiger partial charge in [0, 0.05) is 12.7 Å². The van der Waals surface area contributed by atoms with Gasteiger partial charge in [-0.3, -0.25) is 0 Å². The summed E-state index contributed by atoms with van der Waals surface area (Å²) < 4.78 is 0. The van der Waals surface area contributed by atoms with Gasteiger partial charge in [0.15, 0.2) is 0 Å². The first-order valence-corrected chi connectivity index (χ1v) is 6.10. The van der Waals surface area contributed by atoms with Crippen molar-refractivity contribution < 1.29 is 0 Å². The van der Waals surface area contributed by atoms with E-state index in [0.29, 0.717) is 0 Å². The molecule has 0 bridgehead atoms. The molecule has 2 rings (SSSR count). The lowest BCUT2D eigenvalue weighted by Crippen LogP contribution is -2.09. The molecule has 1 fully saturated rings. The molecule has 2 nitrogen and oxygen atoms in total. The van der Waals surface area contributed by atoms with Gasteiger partial charge in [0.25, 0.3) is 0 Å². The second-order valence-corrected chi connectivity index (χ2v) is 4.31. The maximum atomic E-state index is 4.43. The number of hydrogen-bond acceptors (Lipinski definition) is 2. The summed E-state index contributed by atoms with van der Waals surface area (Å²) in [7, 11) is 0. The fourth-order valence-electron chi connectivity index (χ4n) is 2.48. The zero-order valence-electron chi connectivity index (χ0n) is 9.50. The van der Waals surface area contributed by atoms with Gasteiger partial charge in [-0.05, 0) is 37.3 Å². The average Bonchev–Trinajstić information content (AvgIpc) is 2.31. The standard InChI is InChI=1S/C13H20N2/c1-2-14-13-12(9-6-10-15-13)11-7-4-3-5-8-11/h6,9-11H,2-5,7-8H2,1H3,(H,14,15). The summed E-state index contributed by atoms with van der Waals surface area (Å²) in [6.07, 6.45) is 8.72. The van der Waals surface area contributed by atoms with E-state index < -0.39 is 0 Å². The second-order valence-electron chi connectivity index (χ2n) is 4.31. The molecule has 0 atom stereocenters. The molecule has 0 amide bonds. The Morgan fingerprint density at radius 2 is 2.13 bits per heavy atom. The Labute approximate surface area is 92.1 Å². The normalized spacial score (nSPS) is 17.7. The molecule has 1 aromatic rings. The minimum Gasteiger partial charge on any atom is -0.370 e. The van der Waals surface area contributed by atoms with E-state index in [4.69, 9.17) is 0 Å². The first-order chi connectivity index (χ1) is 7.42. The lowest BCUT2D eigenvalue weighted by atomic mass is 9.84. The van der Waals surface area contributed by atoms with Crippen LogP contribution in [0, 0.1) is 0 Å². The Hall–Kier alpha value is -1.05. The van der Waals surface area contributed by atoms with Gasteiger partial charge in [0.05, 0.1) is 0 Å². The third-order valence-corrected chi connectivity index (χ3v) is 3.23. The highest BCUT2D eigenvalue weighted by Gasteiger charge is 2.18. The van der Waals surface area contributed by atoms with E-state index in [2.05, 4.69) is 29.4 Å². The van der Waals surface area contributed by atoms with Gasteiger partial charge in [-0.15, -0.1) is 0 Å². The Morgan fingerprint density at radius 3 is 2.87 bits per heavy atom. The predicted molar refractivity (Wildman–Crippen MR) is 64.2 cm³/mol. The van der Waals surface area contributed by atoms with Crippen molar-refractivity contribution in [2.75, 3.05) is 11.9 Å². The van der Waals surface area contributed by atoms with Crippen LogP contribution in [0.2, 0.25) is 0 Å². The maximum absolute atomic E-state index is 4.43. The molecule has 0 aliphatic heterocycles. The second kappa shape index (κ2) is 5.15. The number of aromatic nitrogens is 1. The summed E-state index contributed by atoms with van der Waals surface area (Å²) in [5, 5.41) is 3.36. The number of anilines is 1. The van der Waals surface area contributed by atoms with E-state index in [-0.39, 0.29) is 0 Å². The van der Waals surface area contributed by atoms with Crippen LogP contribution in [-0.2, 0) is 0 Å². The van der Waals surface area contributed by atoms with Gasteiger partial charge in [0.2, 0.25) is 0 Å². The van der Waals surface area contributed by atoms with Crippen LogP contribution >= 0.6 is 0 Å². The molecular weight excluding hydrogens is 184 g/mol. The number of nitrogens with zero attached hydrogens (tertiary/aromatic N) is 1. The van der Waals surface area contributed by atoms with Gasteiger partial charge in [-0.1, -0.05) is 25.3 Å². The van der Waals surface area contributed by atoms with Gasteiger partial charge >= 0.3 is 0 Å². The van der Waals surface area contributed by atoms with Crippen molar-refractivity contribution in [1.82, 2.24) is 4.98 Å². The first-order valence-electron chi connectivity index (χ1n) is 6.10. The van der Waals surface area contributed by atoms with Crippen molar-refractivity contribution in [2.45, 2.75) is 44.9 Å². The first kappa shape index (κ1) is 10.5. The van der Waals surface area contributed by atoms with Gasteiger partial charge in [-0.25, -0.2) is 4.98 Å². The summed E-state index contributed by atoms with van der Waals surface area (Å²) in [6.45, 7) is 3.08. The summed E-state index contributed by atoms with van der Waals surface area (Å²) in [4.78, 5) is 4.43. The molecule has 2 heteroatoms. The van der Waals surface area contributed by atoms with Crippen molar-refractivity contribution in [3.63, 3.8) is 0 Å². The highest BCUT2D eigenvalue weighted by Crippen LogP contribution is 2.35. The number of rotatable bonds is 3. The SMILES string of the molecule is CCNc1ncccc1C1CCCCC1. The minimum atomic E-state index is 0.737. The van der Waals surface area contributed by atoms with Crippen molar-refractivity contribution in [1.29, 1.82) is 0 Å². The fraction of sp³-hybridized carbons (Fsp3) is 0.615. The Balaban J connectivity index is 2.17. The lowest BCUT2D eigenvalue weighted by Gasteiger charge is -2.23. The van der Waals surface area contributed by atoms with Crippen molar-refractivity contribution in [3.8, 4) is 0 Å².